The first-order valence-electron chi connectivity index (χ1n) is 6.03. The van der Waals surface area contributed by atoms with Gasteiger partial charge in [-0.05, 0) is 17.7 Å². The summed E-state index contributed by atoms with van der Waals surface area (Å²) in [6.45, 7) is 0.373. The third-order valence-corrected chi connectivity index (χ3v) is 2.93. The van der Waals surface area contributed by atoms with Gasteiger partial charge in [-0.15, -0.1) is 0 Å². The summed E-state index contributed by atoms with van der Waals surface area (Å²) in [6, 6.07) is 14.9. The number of rotatable bonds is 5. The van der Waals surface area contributed by atoms with Gasteiger partial charge in [-0.25, -0.2) is 4.79 Å². The van der Waals surface area contributed by atoms with Gasteiger partial charge < -0.3 is 9.84 Å². The second-order valence-corrected chi connectivity index (χ2v) is 4.51. The van der Waals surface area contributed by atoms with Gasteiger partial charge in [0.15, 0.2) is 0 Å². The standard InChI is InChI=1S/C16H13ClO3/c17-14-8-4-7-13(9-10-15(18)19)16(14)20-11-12-5-2-1-3-6-12/h1-10H,11H2,(H,18,19)/b10-9+. The molecular weight excluding hydrogens is 276 g/mol. The van der Waals surface area contributed by atoms with Crippen LogP contribution in [0.4, 0.5) is 0 Å². The van der Waals surface area contributed by atoms with Gasteiger partial charge in [-0.1, -0.05) is 54.1 Å². The lowest BCUT2D eigenvalue weighted by Gasteiger charge is -2.11. The minimum Gasteiger partial charge on any atom is -0.487 e. The molecule has 0 unspecified atom stereocenters. The number of aliphatic carboxylic acids is 1. The van der Waals surface area contributed by atoms with Crippen LogP contribution in [0.5, 0.6) is 5.75 Å². The molecule has 0 atom stereocenters. The first-order valence-corrected chi connectivity index (χ1v) is 6.41. The van der Waals surface area contributed by atoms with E-state index in [-0.39, 0.29) is 0 Å². The Kier molecular flexibility index (Phi) is 4.80. The Morgan fingerprint density at radius 3 is 2.60 bits per heavy atom. The fraction of sp³-hybridized carbons (Fsp3) is 0.0625. The van der Waals surface area contributed by atoms with Crippen LogP contribution in [0.15, 0.2) is 54.6 Å². The van der Waals surface area contributed by atoms with E-state index < -0.39 is 5.97 Å². The highest BCUT2D eigenvalue weighted by atomic mass is 35.5. The van der Waals surface area contributed by atoms with Crippen molar-refractivity contribution < 1.29 is 14.6 Å². The predicted octanol–water partition coefficient (Wildman–Crippen LogP) is 4.02. The van der Waals surface area contributed by atoms with Crippen molar-refractivity contribution in [1.82, 2.24) is 0 Å². The fourth-order valence-electron chi connectivity index (χ4n) is 1.70. The fourth-order valence-corrected chi connectivity index (χ4v) is 1.94. The molecule has 0 saturated carbocycles. The van der Waals surface area contributed by atoms with Crippen LogP contribution < -0.4 is 4.74 Å². The molecule has 1 N–H and O–H groups in total. The zero-order chi connectivity index (χ0) is 14.4. The maximum atomic E-state index is 10.6. The van der Waals surface area contributed by atoms with Crippen molar-refractivity contribution in [2.24, 2.45) is 0 Å². The normalized spacial score (nSPS) is 10.7. The molecule has 0 spiro atoms. The lowest BCUT2D eigenvalue weighted by atomic mass is 10.2. The van der Waals surface area contributed by atoms with Crippen molar-refractivity contribution in [2.45, 2.75) is 6.61 Å². The monoisotopic (exact) mass is 288 g/mol. The molecule has 2 rings (SSSR count). The quantitative estimate of drug-likeness (QED) is 0.845. The summed E-state index contributed by atoms with van der Waals surface area (Å²) in [6.07, 6.45) is 2.52. The Morgan fingerprint density at radius 2 is 1.90 bits per heavy atom. The number of halogens is 1. The van der Waals surface area contributed by atoms with Gasteiger partial charge in [0.1, 0.15) is 12.4 Å². The van der Waals surface area contributed by atoms with E-state index in [9.17, 15) is 4.79 Å². The largest absolute Gasteiger partial charge is 0.487 e. The van der Waals surface area contributed by atoms with Crippen LogP contribution >= 0.6 is 11.6 Å². The first kappa shape index (κ1) is 14.2. The molecule has 3 nitrogen and oxygen atoms in total. The molecule has 0 radical (unpaired) electrons. The zero-order valence-electron chi connectivity index (χ0n) is 10.6. The lowest BCUT2D eigenvalue weighted by molar-refractivity contribution is -0.131. The summed E-state index contributed by atoms with van der Waals surface area (Å²) in [5.41, 5.74) is 1.65. The van der Waals surface area contributed by atoms with Crippen molar-refractivity contribution in [3.05, 3.63) is 70.8 Å². The Bertz CT molecular complexity index is 621. The second-order valence-electron chi connectivity index (χ2n) is 4.10. The zero-order valence-corrected chi connectivity index (χ0v) is 11.4. The summed E-state index contributed by atoms with van der Waals surface area (Å²) >= 11 is 6.10. The summed E-state index contributed by atoms with van der Waals surface area (Å²) in [5, 5.41) is 9.13. The smallest absolute Gasteiger partial charge is 0.328 e. The highest BCUT2D eigenvalue weighted by molar-refractivity contribution is 6.32. The molecule has 0 aliphatic heterocycles. The predicted molar refractivity (Wildman–Crippen MR) is 78.9 cm³/mol. The Labute approximate surface area is 122 Å². The summed E-state index contributed by atoms with van der Waals surface area (Å²) in [7, 11) is 0. The SMILES string of the molecule is O=C(O)/C=C/c1cccc(Cl)c1OCc1ccccc1. The molecule has 0 fully saturated rings. The minimum atomic E-state index is -1.01. The first-order chi connectivity index (χ1) is 9.66. The molecule has 0 aliphatic rings. The van der Waals surface area contributed by atoms with E-state index >= 15 is 0 Å². The molecule has 2 aromatic carbocycles. The van der Waals surface area contributed by atoms with Crippen molar-refractivity contribution in [3.8, 4) is 5.75 Å². The molecular formula is C16H13ClO3. The van der Waals surface area contributed by atoms with E-state index in [1.807, 2.05) is 30.3 Å². The number of ether oxygens (including phenoxy) is 1. The van der Waals surface area contributed by atoms with Gasteiger partial charge in [0.2, 0.25) is 0 Å². The topological polar surface area (TPSA) is 46.5 Å². The van der Waals surface area contributed by atoms with E-state index in [0.717, 1.165) is 11.6 Å². The van der Waals surface area contributed by atoms with Crippen LogP contribution in [-0.4, -0.2) is 11.1 Å². The van der Waals surface area contributed by atoms with Gasteiger partial charge in [0, 0.05) is 11.6 Å². The number of para-hydroxylation sites is 1. The van der Waals surface area contributed by atoms with Crippen LogP contribution in [0, 0.1) is 0 Å². The lowest BCUT2D eigenvalue weighted by Crippen LogP contribution is -1.97. The number of hydrogen-bond acceptors (Lipinski definition) is 2. The number of carboxylic acids is 1. The molecule has 20 heavy (non-hydrogen) atoms. The van der Waals surface area contributed by atoms with Gasteiger partial charge in [0.05, 0.1) is 5.02 Å². The molecule has 4 heteroatoms. The van der Waals surface area contributed by atoms with Crippen LogP contribution in [0.3, 0.4) is 0 Å². The summed E-state index contributed by atoms with van der Waals surface area (Å²) < 4.78 is 5.71. The molecule has 0 heterocycles. The average Bonchev–Trinajstić information content (AvgIpc) is 2.45. The molecule has 0 aliphatic carbocycles. The highest BCUT2D eigenvalue weighted by Crippen LogP contribution is 2.30. The Morgan fingerprint density at radius 1 is 1.15 bits per heavy atom. The van der Waals surface area contributed by atoms with Crippen molar-refractivity contribution >= 4 is 23.6 Å². The van der Waals surface area contributed by atoms with Gasteiger partial charge >= 0.3 is 5.97 Å². The maximum absolute atomic E-state index is 10.6. The number of carboxylic acid groups (broad SMARTS) is 1. The average molecular weight is 289 g/mol. The number of benzene rings is 2. The van der Waals surface area contributed by atoms with Crippen LogP contribution in [0.2, 0.25) is 5.02 Å². The number of carbonyl (C=O) groups is 1. The number of hydrogen-bond donors (Lipinski definition) is 1. The molecule has 0 amide bonds. The van der Waals surface area contributed by atoms with Gasteiger partial charge in [-0.3, -0.25) is 0 Å². The maximum Gasteiger partial charge on any atom is 0.328 e. The van der Waals surface area contributed by atoms with Crippen molar-refractivity contribution in [2.75, 3.05) is 0 Å². The third kappa shape index (κ3) is 3.87. The van der Waals surface area contributed by atoms with Crippen LogP contribution in [-0.2, 0) is 11.4 Å². The van der Waals surface area contributed by atoms with Crippen molar-refractivity contribution in [1.29, 1.82) is 0 Å². The molecule has 102 valence electrons. The van der Waals surface area contributed by atoms with E-state index in [4.69, 9.17) is 21.4 Å². The molecule has 2 aromatic rings. The Balaban J connectivity index is 2.19. The summed E-state index contributed by atoms with van der Waals surface area (Å²) in [5.74, 6) is -0.533. The van der Waals surface area contributed by atoms with Gasteiger partial charge in [-0.2, -0.15) is 0 Å². The third-order valence-electron chi connectivity index (χ3n) is 2.63. The van der Waals surface area contributed by atoms with E-state index in [0.29, 0.717) is 22.9 Å². The Hall–Kier alpha value is -2.26. The van der Waals surface area contributed by atoms with E-state index in [2.05, 4.69) is 0 Å². The summed E-state index contributed by atoms with van der Waals surface area (Å²) in [4.78, 5) is 10.6. The molecule has 0 aromatic heterocycles. The highest BCUT2D eigenvalue weighted by Gasteiger charge is 2.07. The van der Waals surface area contributed by atoms with Gasteiger partial charge in [0.25, 0.3) is 0 Å². The second kappa shape index (κ2) is 6.78. The molecule has 0 bridgehead atoms. The van der Waals surface area contributed by atoms with E-state index in [1.165, 1.54) is 6.08 Å². The van der Waals surface area contributed by atoms with Crippen LogP contribution in [0.1, 0.15) is 11.1 Å². The molecule has 0 saturated heterocycles. The van der Waals surface area contributed by atoms with Crippen LogP contribution in [0.25, 0.3) is 6.08 Å². The minimum absolute atomic E-state index is 0.373. The van der Waals surface area contributed by atoms with E-state index in [1.54, 1.807) is 18.2 Å². The van der Waals surface area contributed by atoms with Crippen molar-refractivity contribution in [3.63, 3.8) is 0 Å².